The molecule has 2 heterocycles. The van der Waals surface area contributed by atoms with Gasteiger partial charge in [-0.05, 0) is 95.5 Å². The van der Waals surface area contributed by atoms with Crippen LogP contribution in [0.15, 0.2) is 145 Å². The highest BCUT2D eigenvalue weighted by molar-refractivity contribution is 6.21. The molecule has 8 rings (SSSR count). The van der Waals surface area contributed by atoms with Crippen LogP contribution in [-0.2, 0) is 0 Å². The van der Waals surface area contributed by atoms with Crippen molar-refractivity contribution in [1.82, 2.24) is 4.98 Å². The molecule has 1 aromatic heterocycles. The summed E-state index contributed by atoms with van der Waals surface area (Å²) in [6, 6.07) is 44.4. The van der Waals surface area contributed by atoms with Gasteiger partial charge in [0.2, 0.25) is 0 Å². The molecule has 2 nitrogen and oxygen atoms in total. The van der Waals surface area contributed by atoms with E-state index in [-0.39, 0.29) is 0 Å². The summed E-state index contributed by atoms with van der Waals surface area (Å²) in [4.78, 5) is 9.01. The largest absolute Gasteiger partial charge is 0.293 e. The molecular formula is C41H30N2. The molecule has 0 bridgehead atoms. The van der Waals surface area contributed by atoms with Gasteiger partial charge in [-0.3, -0.25) is 9.98 Å². The zero-order valence-electron chi connectivity index (χ0n) is 24.0. The van der Waals surface area contributed by atoms with Crippen molar-refractivity contribution in [1.29, 1.82) is 0 Å². The zero-order chi connectivity index (χ0) is 28.8. The van der Waals surface area contributed by atoms with Gasteiger partial charge in [0.15, 0.2) is 0 Å². The first-order chi connectivity index (χ1) is 21.2. The van der Waals surface area contributed by atoms with Crippen molar-refractivity contribution in [2.75, 3.05) is 6.54 Å². The molecule has 0 amide bonds. The van der Waals surface area contributed by atoms with Crippen molar-refractivity contribution in [3.05, 3.63) is 145 Å². The minimum absolute atomic E-state index is 0.394. The lowest BCUT2D eigenvalue weighted by Crippen LogP contribution is -2.07. The van der Waals surface area contributed by atoms with Gasteiger partial charge in [0.05, 0.1) is 0 Å². The number of aromatic nitrogens is 1. The Morgan fingerprint density at radius 3 is 1.72 bits per heavy atom. The fraction of sp³-hybridized carbons (Fsp3) is 0.0732. The quantitative estimate of drug-likeness (QED) is 0.200. The maximum absolute atomic E-state index is 4.61. The molecule has 1 atom stereocenters. The third kappa shape index (κ3) is 4.43. The van der Waals surface area contributed by atoms with E-state index in [2.05, 4.69) is 144 Å². The first kappa shape index (κ1) is 25.4. The zero-order valence-corrected chi connectivity index (χ0v) is 24.0. The minimum atomic E-state index is 0.394. The summed E-state index contributed by atoms with van der Waals surface area (Å²) in [6.07, 6.45) is 7.97. The third-order valence-electron chi connectivity index (χ3n) is 8.80. The van der Waals surface area contributed by atoms with E-state index >= 15 is 0 Å². The Bertz CT molecular complexity index is 2170. The van der Waals surface area contributed by atoms with Gasteiger partial charge in [-0.2, -0.15) is 0 Å². The van der Waals surface area contributed by atoms with E-state index in [1.165, 1.54) is 71.3 Å². The van der Waals surface area contributed by atoms with E-state index in [4.69, 9.17) is 0 Å². The van der Waals surface area contributed by atoms with Gasteiger partial charge in [0.1, 0.15) is 0 Å². The van der Waals surface area contributed by atoms with Crippen LogP contribution in [0.4, 0.5) is 0 Å². The molecule has 0 spiro atoms. The smallest absolute Gasteiger partial charge is 0.0455 e. The summed E-state index contributed by atoms with van der Waals surface area (Å²) >= 11 is 0. The van der Waals surface area contributed by atoms with Crippen molar-refractivity contribution in [3.63, 3.8) is 0 Å². The van der Waals surface area contributed by atoms with Crippen LogP contribution >= 0.6 is 0 Å². The molecule has 7 aromatic rings. The Hall–Kier alpha value is -5.34. The second-order valence-electron chi connectivity index (χ2n) is 11.5. The molecule has 204 valence electrons. The summed E-state index contributed by atoms with van der Waals surface area (Å²) in [6.45, 7) is 3.05. The van der Waals surface area contributed by atoms with Crippen LogP contribution in [0.3, 0.4) is 0 Å². The van der Waals surface area contributed by atoms with Gasteiger partial charge in [-0.15, -0.1) is 0 Å². The van der Waals surface area contributed by atoms with Crippen molar-refractivity contribution in [2.24, 2.45) is 10.9 Å². The molecule has 1 aliphatic heterocycles. The maximum Gasteiger partial charge on any atom is 0.0455 e. The van der Waals surface area contributed by atoms with Crippen LogP contribution in [-0.4, -0.2) is 17.7 Å². The highest BCUT2D eigenvalue weighted by atomic mass is 14.7. The normalized spacial score (nSPS) is 14.8. The number of benzene rings is 6. The van der Waals surface area contributed by atoms with Gasteiger partial charge in [0.25, 0.3) is 0 Å². The highest BCUT2D eigenvalue weighted by Crippen LogP contribution is 2.44. The number of hydrogen-bond donors (Lipinski definition) is 0. The topological polar surface area (TPSA) is 25.2 Å². The summed E-state index contributed by atoms with van der Waals surface area (Å²) < 4.78 is 0. The van der Waals surface area contributed by atoms with Crippen LogP contribution in [0.2, 0.25) is 0 Å². The fourth-order valence-electron chi connectivity index (χ4n) is 6.69. The molecule has 0 fully saturated rings. The molecule has 0 saturated carbocycles. The maximum atomic E-state index is 4.61. The first-order valence-electron chi connectivity index (χ1n) is 14.9. The van der Waals surface area contributed by atoms with Crippen molar-refractivity contribution < 1.29 is 0 Å². The highest BCUT2D eigenvalue weighted by Gasteiger charge is 2.17. The number of nitrogens with zero attached hydrogens (tertiary/aromatic N) is 2. The van der Waals surface area contributed by atoms with Gasteiger partial charge in [-0.25, -0.2) is 0 Å². The summed E-state index contributed by atoms with van der Waals surface area (Å²) in [5.74, 6) is 0.394. The van der Waals surface area contributed by atoms with Crippen molar-refractivity contribution in [2.45, 2.75) is 6.92 Å². The lowest BCUT2D eigenvalue weighted by atomic mass is 9.85. The van der Waals surface area contributed by atoms with Crippen LogP contribution < -0.4 is 0 Å². The first-order valence-corrected chi connectivity index (χ1v) is 14.9. The number of aliphatic imine (C=N–C) groups is 1. The Balaban J connectivity index is 1.26. The summed E-state index contributed by atoms with van der Waals surface area (Å²) in [5.41, 5.74) is 9.83. The average Bonchev–Trinajstić information content (AvgIpc) is 3.07. The van der Waals surface area contributed by atoms with Gasteiger partial charge in [0, 0.05) is 36.6 Å². The van der Waals surface area contributed by atoms with Crippen molar-refractivity contribution in [3.8, 4) is 33.4 Å². The van der Waals surface area contributed by atoms with Gasteiger partial charge < -0.3 is 0 Å². The second kappa shape index (κ2) is 10.5. The Morgan fingerprint density at radius 1 is 0.512 bits per heavy atom. The predicted molar refractivity (Wildman–Crippen MR) is 184 cm³/mol. The van der Waals surface area contributed by atoms with E-state index < -0.39 is 0 Å². The number of fused-ring (bicyclic) bond motifs is 3. The molecule has 2 heteroatoms. The van der Waals surface area contributed by atoms with Crippen LogP contribution in [0.1, 0.15) is 12.5 Å². The lowest BCUT2D eigenvalue weighted by molar-refractivity contribution is 0.757. The number of pyridine rings is 1. The Morgan fingerprint density at radius 2 is 1.07 bits per heavy atom. The molecule has 0 radical (unpaired) electrons. The Labute approximate surface area is 251 Å². The molecule has 0 aliphatic carbocycles. The van der Waals surface area contributed by atoms with Crippen molar-refractivity contribution >= 4 is 44.1 Å². The van der Waals surface area contributed by atoms with Gasteiger partial charge in [-0.1, -0.05) is 110 Å². The predicted octanol–water partition coefficient (Wildman–Crippen LogP) is 10.6. The molecule has 0 saturated heterocycles. The van der Waals surface area contributed by atoms with Crippen LogP contribution in [0.5, 0.6) is 0 Å². The molecule has 43 heavy (non-hydrogen) atoms. The molecule has 0 N–H and O–H groups in total. The monoisotopic (exact) mass is 550 g/mol. The third-order valence-corrected chi connectivity index (χ3v) is 8.80. The standard InChI is InChI=1S/C41H30N2/c1-27-24-42-20-19-35(27)34-23-33(25-43-26-34)31-16-15-30-22-32(18-17-29(30)21-31)41-38-13-7-5-11-36(38)40(28-9-3-2-4-10-28)37-12-6-8-14-39(37)41/h2-23,25-27H,24H2,1H3. The fourth-order valence-corrected chi connectivity index (χ4v) is 6.69. The van der Waals surface area contributed by atoms with E-state index in [1.807, 2.05) is 18.6 Å². The molecule has 1 aliphatic rings. The van der Waals surface area contributed by atoms with E-state index in [1.54, 1.807) is 0 Å². The molecule has 6 aromatic carbocycles. The number of allylic oxidation sites excluding steroid dienone is 1. The van der Waals surface area contributed by atoms with E-state index in [0.717, 1.165) is 12.1 Å². The number of dihydropyridines is 1. The van der Waals surface area contributed by atoms with Crippen LogP contribution in [0.25, 0.3) is 71.3 Å². The van der Waals surface area contributed by atoms with Crippen LogP contribution in [0, 0.1) is 5.92 Å². The molecular weight excluding hydrogens is 520 g/mol. The lowest BCUT2D eigenvalue weighted by Gasteiger charge is -2.18. The average molecular weight is 551 g/mol. The number of hydrogen-bond acceptors (Lipinski definition) is 2. The van der Waals surface area contributed by atoms with E-state index in [9.17, 15) is 0 Å². The summed E-state index contributed by atoms with van der Waals surface area (Å²) in [7, 11) is 0. The van der Waals surface area contributed by atoms with Gasteiger partial charge >= 0.3 is 0 Å². The number of rotatable bonds is 4. The summed E-state index contributed by atoms with van der Waals surface area (Å²) in [5, 5.41) is 7.55. The van der Waals surface area contributed by atoms with E-state index in [0.29, 0.717) is 5.92 Å². The minimum Gasteiger partial charge on any atom is -0.293 e. The Kier molecular flexibility index (Phi) is 6.19. The SMILES string of the molecule is CC1CN=CC=C1c1cncc(-c2ccc3cc(-c4c5ccccc5c(-c5ccccc5)c5ccccc45)ccc3c2)c1. The molecule has 1 unspecified atom stereocenters. The second-order valence-corrected chi connectivity index (χ2v) is 11.5.